The van der Waals surface area contributed by atoms with E-state index in [4.69, 9.17) is 4.74 Å². The van der Waals surface area contributed by atoms with Gasteiger partial charge in [-0.25, -0.2) is 0 Å². The lowest BCUT2D eigenvalue weighted by molar-refractivity contribution is 0.135. The van der Waals surface area contributed by atoms with Crippen LogP contribution in [0.1, 0.15) is 45.6 Å². The van der Waals surface area contributed by atoms with E-state index >= 15 is 0 Å². The first-order valence-corrected chi connectivity index (χ1v) is 8.12. The van der Waals surface area contributed by atoms with Crippen LogP contribution in [0.2, 0.25) is 0 Å². The predicted molar refractivity (Wildman–Crippen MR) is 88.8 cm³/mol. The van der Waals surface area contributed by atoms with Crippen LogP contribution in [0.15, 0.2) is 24.3 Å². The largest absolute Gasteiger partial charge is 0.492 e. The average molecular weight is 290 g/mol. The molecule has 1 fully saturated rings. The van der Waals surface area contributed by atoms with E-state index < -0.39 is 0 Å². The number of para-hydroxylation sites is 1. The van der Waals surface area contributed by atoms with Gasteiger partial charge in [-0.05, 0) is 46.7 Å². The molecule has 1 aliphatic carbocycles. The highest BCUT2D eigenvalue weighted by Crippen LogP contribution is 2.23. The topological polar surface area (TPSA) is 24.5 Å². The van der Waals surface area contributed by atoms with Gasteiger partial charge in [0, 0.05) is 30.2 Å². The average Bonchev–Trinajstić information content (AvgIpc) is 2.34. The first-order chi connectivity index (χ1) is 9.96. The maximum Gasteiger partial charge on any atom is 0.123 e. The van der Waals surface area contributed by atoms with Crippen molar-refractivity contribution < 1.29 is 4.74 Å². The maximum absolute atomic E-state index is 6.01. The van der Waals surface area contributed by atoms with E-state index in [1.807, 2.05) is 6.07 Å². The highest BCUT2D eigenvalue weighted by Gasteiger charge is 2.21. The molecule has 2 rings (SSSR count). The number of nitrogens with zero attached hydrogens (tertiary/aromatic N) is 1. The fraction of sp³-hybridized carbons (Fsp3) is 0.667. The smallest absolute Gasteiger partial charge is 0.123 e. The molecule has 3 heteroatoms. The van der Waals surface area contributed by atoms with Crippen LogP contribution < -0.4 is 10.1 Å². The monoisotopic (exact) mass is 290 g/mol. The van der Waals surface area contributed by atoms with Gasteiger partial charge in [0.15, 0.2) is 0 Å². The summed E-state index contributed by atoms with van der Waals surface area (Å²) in [6.07, 6.45) is 4.09. The van der Waals surface area contributed by atoms with E-state index in [1.54, 1.807) is 0 Å². The molecule has 0 aliphatic heterocycles. The van der Waals surface area contributed by atoms with Crippen molar-refractivity contribution in [3.8, 4) is 5.75 Å². The van der Waals surface area contributed by atoms with Crippen LogP contribution in [0.4, 0.5) is 0 Å². The predicted octanol–water partition coefficient (Wildman–Crippen LogP) is 3.44. The van der Waals surface area contributed by atoms with Crippen LogP contribution in [0.3, 0.4) is 0 Å². The molecular formula is C18H30N2O. The number of hydrogen-bond donors (Lipinski definition) is 1. The fourth-order valence-electron chi connectivity index (χ4n) is 2.46. The van der Waals surface area contributed by atoms with Crippen LogP contribution in [0.5, 0.6) is 5.75 Å². The molecule has 0 atom stereocenters. The standard InChI is InChI=1S/C18H30N2O/c1-18(2,3)19-14-15-8-5-6-11-17(15)21-13-12-20(4)16-9-7-10-16/h5-6,8,11,16,19H,7,9-10,12-14H2,1-4H3. The van der Waals surface area contributed by atoms with Crippen LogP contribution in [-0.4, -0.2) is 36.7 Å². The highest BCUT2D eigenvalue weighted by molar-refractivity contribution is 5.33. The van der Waals surface area contributed by atoms with Gasteiger partial charge >= 0.3 is 0 Å². The second-order valence-corrected chi connectivity index (χ2v) is 7.13. The van der Waals surface area contributed by atoms with Crippen molar-refractivity contribution in [1.82, 2.24) is 10.2 Å². The Morgan fingerprint density at radius 3 is 2.57 bits per heavy atom. The molecule has 0 radical (unpaired) electrons. The summed E-state index contributed by atoms with van der Waals surface area (Å²) in [5, 5.41) is 3.52. The molecule has 0 aromatic heterocycles. The summed E-state index contributed by atoms with van der Waals surface area (Å²) in [6, 6.07) is 9.12. The minimum atomic E-state index is 0.123. The van der Waals surface area contributed by atoms with Crippen LogP contribution >= 0.6 is 0 Å². The van der Waals surface area contributed by atoms with E-state index in [0.29, 0.717) is 0 Å². The first-order valence-electron chi connectivity index (χ1n) is 8.12. The van der Waals surface area contributed by atoms with Crippen molar-refractivity contribution in [2.75, 3.05) is 20.2 Å². The molecule has 1 aromatic carbocycles. The summed E-state index contributed by atoms with van der Waals surface area (Å²) >= 11 is 0. The van der Waals surface area contributed by atoms with Gasteiger partial charge in [0.05, 0.1) is 0 Å². The van der Waals surface area contributed by atoms with Crippen molar-refractivity contribution in [3.05, 3.63) is 29.8 Å². The minimum Gasteiger partial charge on any atom is -0.492 e. The third kappa shape index (κ3) is 5.33. The van der Waals surface area contributed by atoms with Crippen LogP contribution in [0.25, 0.3) is 0 Å². The van der Waals surface area contributed by atoms with Gasteiger partial charge in [-0.2, -0.15) is 0 Å². The molecule has 0 unspecified atom stereocenters. The summed E-state index contributed by atoms with van der Waals surface area (Å²) < 4.78 is 6.01. The molecule has 0 heterocycles. The lowest BCUT2D eigenvalue weighted by atomic mass is 9.92. The molecule has 0 bridgehead atoms. The third-order valence-electron chi connectivity index (χ3n) is 4.18. The Bertz CT molecular complexity index is 435. The Hall–Kier alpha value is -1.06. The van der Waals surface area contributed by atoms with Gasteiger partial charge in [-0.3, -0.25) is 0 Å². The van der Waals surface area contributed by atoms with E-state index in [-0.39, 0.29) is 5.54 Å². The second kappa shape index (κ2) is 7.28. The maximum atomic E-state index is 6.01. The van der Waals surface area contributed by atoms with Crippen LogP contribution in [-0.2, 0) is 6.54 Å². The van der Waals surface area contributed by atoms with Crippen molar-refractivity contribution in [2.24, 2.45) is 0 Å². The van der Waals surface area contributed by atoms with Crippen molar-refractivity contribution in [2.45, 2.75) is 58.2 Å². The van der Waals surface area contributed by atoms with Crippen molar-refractivity contribution in [1.29, 1.82) is 0 Å². The number of ether oxygens (including phenoxy) is 1. The molecule has 118 valence electrons. The molecule has 1 N–H and O–H groups in total. The van der Waals surface area contributed by atoms with E-state index in [9.17, 15) is 0 Å². The zero-order valence-electron chi connectivity index (χ0n) is 14.0. The molecule has 1 aromatic rings. The number of hydrogen-bond acceptors (Lipinski definition) is 3. The summed E-state index contributed by atoms with van der Waals surface area (Å²) in [5.74, 6) is 1.01. The Kier molecular flexibility index (Phi) is 5.65. The number of likely N-dealkylation sites (N-methyl/N-ethyl adjacent to an activating group) is 1. The molecule has 0 amide bonds. The van der Waals surface area contributed by atoms with Gasteiger partial charge in [0.1, 0.15) is 12.4 Å². The first kappa shape index (κ1) is 16.3. The highest BCUT2D eigenvalue weighted by atomic mass is 16.5. The zero-order valence-corrected chi connectivity index (χ0v) is 14.0. The second-order valence-electron chi connectivity index (χ2n) is 7.13. The van der Waals surface area contributed by atoms with Gasteiger partial charge in [0.25, 0.3) is 0 Å². The summed E-state index contributed by atoms with van der Waals surface area (Å²) in [5.41, 5.74) is 1.36. The molecule has 1 saturated carbocycles. The SMILES string of the molecule is CN(CCOc1ccccc1CNC(C)(C)C)C1CCC1. The normalized spacial score (nSPS) is 16.0. The third-order valence-corrected chi connectivity index (χ3v) is 4.18. The van der Waals surface area contributed by atoms with E-state index in [2.05, 4.69) is 56.2 Å². The molecular weight excluding hydrogens is 260 g/mol. The van der Waals surface area contributed by atoms with Gasteiger partial charge in [-0.15, -0.1) is 0 Å². The molecule has 3 nitrogen and oxygen atoms in total. The fourth-order valence-corrected chi connectivity index (χ4v) is 2.46. The van der Waals surface area contributed by atoms with Crippen molar-refractivity contribution in [3.63, 3.8) is 0 Å². The van der Waals surface area contributed by atoms with Crippen LogP contribution in [0, 0.1) is 0 Å². The Balaban J connectivity index is 1.81. The van der Waals surface area contributed by atoms with Gasteiger partial charge in [0.2, 0.25) is 0 Å². The lowest BCUT2D eigenvalue weighted by Gasteiger charge is -2.34. The quantitative estimate of drug-likeness (QED) is 0.832. The Morgan fingerprint density at radius 2 is 1.95 bits per heavy atom. The molecule has 0 spiro atoms. The van der Waals surface area contributed by atoms with Gasteiger partial charge < -0.3 is 15.0 Å². The zero-order chi connectivity index (χ0) is 15.3. The van der Waals surface area contributed by atoms with E-state index in [0.717, 1.165) is 31.5 Å². The minimum absolute atomic E-state index is 0.123. The van der Waals surface area contributed by atoms with Gasteiger partial charge in [-0.1, -0.05) is 24.6 Å². The summed E-state index contributed by atoms with van der Waals surface area (Å²) in [7, 11) is 2.21. The van der Waals surface area contributed by atoms with E-state index in [1.165, 1.54) is 24.8 Å². The summed E-state index contributed by atoms with van der Waals surface area (Å²) in [6.45, 7) is 9.17. The number of benzene rings is 1. The lowest BCUT2D eigenvalue weighted by Crippen LogP contribution is -2.39. The number of nitrogens with one attached hydrogen (secondary N) is 1. The number of rotatable bonds is 7. The molecule has 1 aliphatic rings. The Morgan fingerprint density at radius 1 is 1.24 bits per heavy atom. The molecule has 0 saturated heterocycles. The summed E-state index contributed by atoms with van der Waals surface area (Å²) in [4.78, 5) is 2.43. The molecule has 21 heavy (non-hydrogen) atoms. The Labute approximate surface area is 129 Å². The van der Waals surface area contributed by atoms with Crippen molar-refractivity contribution >= 4 is 0 Å².